The van der Waals surface area contributed by atoms with Crippen LogP contribution in [0.5, 0.6) is 11.5 Å². The molecule has 6 rings (SSSR count). The van der Waals surface area contributed by atoms with Gasteiger partial charge >= 0.3 is 11.9 Å². The molecule has 0 unspecified atom stereocenters. The first-order chi connectivity index (χ1) is 23.9. The fourth-order valence-corrected chi connectivity index (χ4v) is 6.26. The van der Waals surface area contributed by atoms with Gasteiger partial charge in [0.05, 0.1) is 47.5 Å². The molecule has 0 fully saturated rings. The van der Waals surface area contributed by atoms with Gasteiger partial charge < -0.3 is 40.3 Å². The number of methoxy groups -OCH3 is 2. The molecule has 254 valence electrons. The lowest BCUT2D eigenvalue weighted by Crippen LogP contribution is -2.14. The SMILES string of the molecule is COc1c(C(N)=O)ccc2c1nc(-c1ccc(C)cc1C(=O)O)n2CCn1c(-c2ccc(C)cc2C(=O)O)nc2c(OC)c(C(N)=O)ccc21. The number of aromatic carboxylic acids is 2. The van der Waals surface area contributed by atoms with Crippen molar-refractivity contribution in [3.8, 4) is 34.3 Å². The van der Waals surface area contributed by atoms with Gasteiger partial charge in [-0.25, -0.2) is 19.6 Å². The summed E-state index contributed by atoms with van der Waals surface area (Å²) in [6.07, 6.45) is 0. The summed E-state index contributed by atoms with van der Waals surface area (Å²) < 4.78 is 14.8. The highest BCUT2D eigenvalue weighted by Crippen LogP contribution is 2.37. The number of amides is 2. The van der Waals surface area contributed by atoms with E-state index < -0.39 is 23.8 Å². The predicted molar refractivity (Wildman–Crippen MR) is 184 cm³/mol. The normalized spacial score (nSPS) is 11.2. The number of carbonyl (C=O) groups excluding carboxylic acids is 2. The second-order valence-corrected chi connectivity index (χ2v) is 11.6. The number of carboxylic acid groups (broad SMARTS) is 2. The van der Waals surface area contributed by atoms with Gasteiger partial charge in [0.25, 0.3) is 11.8 Å². The lowest BCUT2D eigenvalue weighted by molar-refractivity contribution is 0.0686. The number of aryl methyl sites for hydroxylation is 4. The molecule has 14 heteroatoms. The third-order valence-corrected chi connectivity index (χ3v) is 8.53. The van der Waals surface area contributed by atoms with Crippen LogP contribution in [0.3, 0.4) is 0 Å². The monoisotopic (exact) mass is 676 g/mol. The van der Waals surface area contributed by atoms with E-state index >= 15 is 0 Å². The van der Waals surface area contributed by atoms with Crippen molar-refractivity contribution in [2.24, 2.45) is 11.5 Å². The summed E-state index contributed by atoms with van der Waals surface area (Å²) in [4.78, 5) is 59.1. The maximum Gasteiger partial charge on any atom is 0.336 e. The molecule has 2 heterocycles. The first-order valence-electron chi connectivity index (χ1n) is 15.3. The Morgan fingerprint density at radius 1 is 0.620 bits per heavy atom. The summed E-state index contributed by atoms with van der Waals surface area (Å²) in [5.41, 5.74) is 15.2. The Hall–Kier alpha value is -6.70. The van der Waals surface area contributed by atoms with E-state index in [2.05, 4.69) is 0 Å². The second-order valence-electron chi connectivity index (χ2n) is 11.6. The van der Waals surface area contributed by atoms with Gasteiger partial charge in [0.1, 0.15) is 22.7 Å². The van der Waals surface area contributed by atoms with Gasteiger partial charge in [-0.2, -0.15) is 0 Å². The molecule has 6 N–H and O–H groups in total. The maximum absolute atomic E-state index is 12.5. The lowest BCUT2D eigenvalue weighted by Gasteiger charge is -2.16. The molecule has 0 aliphatic heterocycles. The number of nitrogens with zero attached hydrogens (tertiary/aromatic N) is 4. The van der Waals surface area contributed by atoms with E-state index in [9.17, 15) is 29.4 Å². The standard InChI is InChI=1S/C36H32N6O8/c1-17-5-7-19(23(15-17)35(45)46)33-39-27-25(11-9-21(31(37)43)29(27)49-3)41(33)13-14-42-26-12-10-22(32(38)44)30(50-4)28(26)40-34(42)20-8-6-18(2)16-24(20)36(47)48/h5-12,15-16H,13-14H2,1-4H3,(H2,37,43)(H2,38,44)(H,45,46)(H,47,48). The number of hydrogen-bond donors (Lipinski definition) is 4. The molecule has 2 amide bonds. The number of ether oxygens (including phenoxy) is 2. The number of imidazole rings is 2. The Labute approximate surface area is 284 Å². The van der Waals surface area contributed by atoms with E-state index in [1.807, 2.05) is 0 Å². The summed E-state index contributed by atoms with van der Waals surface area (Å²) >= 11 is 0. The number of carboxylic acids is 2. The minimum Gasteiger partial charge on any atom is -0.494 e. The average molecular weight is 677 g/mol. The van der Waals surface area contributed by atoms with Crippen molar-refractivity contribution in [2.75, 3.05) is 14.2 Å². The van der Waals surface area contributed by atoms with Gasteiger partial charge in [-0.1, -0.05) is 35.4 Å². The van der Waals surface area contributed by atoms with Gasteiger partial charge in [0.15, 0.2) is 11.5 Å². The lowest BCUT2D eigenvalue weighted by atomic mass is 10.0. The molecule has 50 heavy (non-hydrogen) atoms. The number of hydrogen-bond acceptors (Lipinski definition) is 8. The van der Waals surface area contributed by atoms with E-state index in [0.717, 1.165) is 11.1 Å². The number of primary amides is 2. The van der Waals surface area contributed by atoms with Crippen LogP contribution in [0.25, 0.3) is 44.8 Å². The highest BCUT2D eigenvalue weighted by atomic mass is 16.5. The van der Waals surface area contributed by atoms with Crippen molar-refractivity contribution in [3.05, 3.63) is 94.0 Å². The number of rotatable bonds is 11. The molecule has 0 spiro atoms. The molecule has 0 radical (unpaired) electrons. The van der Waals surface area contributed by atoms with Crippen LogP contribution < -0.4 is 20.9 Å². The van der Waals surface area contributed by atoms with Gasteiger partial charge in [-0.05, 0) is 50.2 Å². The van der Waals surface area contributed by atoms with Crippen LogP contribution in [-0.2, 0) is 13.1 Å². The van der Waals surface area contributed by atoms with Crippen LogP contribution in [-0.4, -0.2) is 67.3 Å². The second kappa shape index (κ2) is 12.7. The number of carbonyl (C=O) groups is 4. The molecule has 0 bridgehead atoms. The van der Waals surface area contributed by atoms with Crippen LogP contribution >= 0.6 is 0 Å². The van der Waals surface area contributed by atoms with Gasteiger partial charge in [0, 0.05) is 24.2 Å². The number of aromatic nitrogens is 4. The van der Waals surface area contributed by atoms with E-state index in [-0.39, 0.29) is 69.5 Å². The minimum atomic E-state index is -1.16. The van der Waals surface area contributed by atoms with Crippen LogP contribution in [0.2, 0.25) is 0 Å². The van der Waals surface area contributed by atoms with Crippen molar-refractivity contribution in [2.45, 2.75) is 26.9 Å². The van der Waals surface area contributed by atoms with E-state index in [0.29, 0.717) is 22.2 Å². The molecule has 4 aromatic carbocycles. The van der Waals surface area contributed by atoms with Gasteiger partial charge in [0.2, 0.25) is 0 Å². The summed E-state index contributed by atoms with van der Waals surface area (Å²) in [7, 11) is 2.77. The molecule has 0 saturated carbocycles. The molecule has 14 nitrogen and oxygen atoms in total. The largest absolute Gasteiger partial charge is 0.494 e. The highest BCUT2D eigenvalue weighted by molar-refractivity contribution is 6.04. The predicted octanol–water partition coefficient (Wildman–Crippen LogP) is 4.65. The Bertz CT molecular complexity index is 2240. The third kappa shape index (κ3) is 5.51. The Morgan fingerprint density at radius 2 is 1.00 bits per heavy atom. The van der Waals surface area contributed by atoms with Gasteiger partial charge in [-0.15, -0.1) is 0 Å². The van der Waals surface area contributed by atoms with Crippen LogP contribution in [0, 0.1) is 13.8 Å². The average Bonchev–Trinajstić information content (AvgIpc) is 3.64. The Morgan fingerprint density at radius 3 is 1.32 bits per heavy atom. The zero-order valence-corrected chi connectivity index (χ0v) is 27.5. The number of benzene rings is 4. The Kier molecular flexibility index (Phi) is 8.45. The zero-order chi connectivity index (χ0) is 36.0. The van der Waals surface area contributed by atoms with Crippen molar-refractivity contribution in [1.29, 1.82) is 0 Å². The quantitative estimate of drug-likeness (QED) is 0.149. The highest BCUT2D eigenvalue weighted by Gasteiger charge is 2.26. The van der Waals surface area contributed by atoms with E-state index in [1.54, 1.807) is 71.5 Å². The summed E-state index contributed by atoms with van der Waals surface area (Å²) in [5, 5.41) is 20.3. The molecule has 0 aliphatic carbocycles. The molecule has 0 atom stereocenters. The zero-order valence-electron chi connectivity index (χ0n) is 27.5. The van der Waals surface area contributed by atoms with E-state index in [1.165, 1.54) is 26.4 Å². The number of nitrogens with two attached hydrogens (primary N) is 2. The smallest absolute Gasteiger partial charge is 0.336 e. The first kappa shape index (κ1) is 33.2. The molecule has 0 saturated heterocycles. The molecular weight excluding hydrogens is 644 g/mol. The van der Waals surface area contributed by atoms with E-state index in [4.69, 9.17) is 30.9 Å². The summed E-state index contributed by atoms with van der Waals surface area (Å²) in [5.74, 6) is -2.97. The van der Waals surface area contributed by atoms with Crippen LogP contribution in [0.15, 0.2) is 60.7 Å². The third-order valence-electron chi connectivity index (χ3n) is 8.53. The fraction of sp³-hybridized carbons (Fsp3) is 0.167. The Balaban J connectivity index is 1.63. The summed E-state index contributed by atoms with van der Waals surface area (Å²) in [6.45, 7) is 3.84. The van der Waals surface area contributed by atoms with Crippen LogP contribution in [0.1, 0.15) is 52.6 Å². The van der Waals surface area contributed by atoms with Crippen molar-refractivity contribution < 1.29 is 38.9 Å². The summed E-state index contributed by atoms with van der Waals surface area (Å²) in [6, 6.07) is 16.3. The number of fused-ring (bicyclic) bond motifs is 2. The molecule has 0 aliphatic rings. The first-order valence-corrected chi connectivity index (χ1v) is 15.3. The van der Waals surface area contributed by atoms with Gasteiger partial charge in [-0.3, -0.25) is 9.59 Å². The molecule has 6 aromatic rings. The topological polar surface area (TPSA) is 215 Å². The van der Waals surface area contributed by atoms with Crippen molar-refractivity contribution in [1.82, 2.24) is 19.1 Å². The maximum atomic E-state index is 12.5. The fourth-order valence-electron chi connectivity index (χ4n) is 6.26. The molecular formula is C36H32N6O8. The van der Waals surface area contributed by atoms with Crippen molar-refractivity contribution >= 4 is 45.8 Å². The van der Waals surface area contributed by atoms with Crippen LogP contribution in [0.4, 0.5) is 0 Å². The molecule has 2 aromatic heterocycles. The minimum absolute atomic E-state index is 0.0129. The van der Waals surface area contributed by atoms with Crippen molar-refractivity contribution in [3.63, 3.8) is 0 Å².